The molecule has 0 atom stereocenters. The maximum atomic E-state index is 14.1. The van der Waals surface area contributed by atoms with Crippen LogP contribution >= 0.6 is 0 Å². The Bertz CT molecular complexity index is 2460. The highest BCUT2D eigenvalue weighted by Crippen LogP contribution is 2.34. The number of rotatable bonds is 7. The number of aromatic nitrogens is 4. The fourth-order valence-electron chi connectivity index (χ4n) is 7.20. The summed E-state index contributed by atoms with van der Waals surface area (Å²) in [5, 5.41) is 0.0467. The molecule has 0 radical (unpaired) electrons. The van der Waals surface area contributed by atoms with Crippen molar-refractivity contribution in [3.63, 3.8) is 0 Å². The van der Waals surface area contributed by atoms with Crippen molar-refractivity contribution in [2.75, 3.05) is 35.8 Å². The van der Waals surface area contributed by atoms with Crippen molar-refractivity contribution >= 4 is 21.2 Å². The fourth-order valence-corrected chi connectivity index (χ4v) is 7.84. The highest BCUT2D eigenvalue weighted by atomic mass is 32.2. The average molecular weight is 773 g/mol. The SMILES string of the molecule is CCOc1cc(C)c(N2CCc3[nH]c(-c4c(F)cccc4F)cc3C2)cn1.Cc1cc(S(C)(=O)=O)ncc1N1CCc2[nH]c(-c3c(F)cccc3F)cc2C1. The highest BCUT2D eigenvalue weighted by Gasteiger charge is 2.25. The molecule has 9 nitrogen and oxygen atoms in total. The summed E-state index contributed by atoms with van der Waals surface area (Å²) in [4.78, 5) is 19.1. The smallest absolute Gasteiger partial charge is 0.213 e. The van der Waals surface area contributed by atoms with Crippen LogP contribution in [0.15, 0.2) is 78.1 Å². The van der Waals surface area contributed by atoms with E-state index in [2.05, 4.69) is 29.7 Å². The Kier molecular flexibility index (Phi) is 10.4. The van der Waals surface area contributed by atoms with Crippen molar-refractivity contribution in [3.8, 4) is 28.4 Å². The van der Waals surface area contributed by atoms with Crippen LogP contribution in [0, 0.1) is 37.1 Å². The van der Waals surface area contributed by atoms with Crippen LogP contribution in [-0.2, 0) is 35.8 Å². The van der Waals surface area contributed by atoms with Gasteiger partial charge in [-0.1, -0.05) is 12.1 Å². The molecule has 0 spiro atoms. The minimum atomic E-state index is -3.36. The van der Waals surface area contributed by atoms with Gasteiger partial charge < -0.3 is 24.5 Å². The summed E-state index contributed by atoms with van der Waals surface area (Å²) in [6.45, 7) is 9.10. The first kappa shape index (κ1) is 37.7. The number of benzene rings is 2. The van der Waals surface area contributed by atoms with E-state index < -0.39 is 33.1 Å². The molecule has 0 amide bonds. The van der Waals surface area contributed by atoms with E-state index >= 15 is 0 Å². The molecule has 8 rings (SSSR count). The van der Waals surface area contributed by atoms with Crippen molar-refractivity contribution in [3.05, 3.63) is 130 Å². The van der Waals surface area contributed by atoms with Gasteiger partial charge in [-0.2, -0.15) is 0 Å². The van der Waals surface area contributed by atoms with Crippen LogP contribution in [0.2, 0.25) is 0 Å². The zero-order valence-electron chi connectivity index (χ0n) is 30.8. The number of hydrogen-bond acceptors (Lipinski definition) is 7. The third kappa shape index (κ3) is 7.81. The summed E-state index contributed by atoms with van der Waals surface area (Å²) in [6.07, 6.45) is 5.98. The standard InChI is InChI=1S/C21H21F2N3O.C20H19F2N3O2S/c1-3-27-20-9-13(2)19(11-24-20)26-8-7-17-14(12-26)10-18(25-17)21-15(22)5-4-6-16(21)23;1-12-8-19(28(2,26)27)23-10-18(12)25-7-6-16-13(11-25)9-17(24-16)20-14(21)4-3-5-15(20)22/h4-6,9-11,25H,3,7-8,12H2,1-2H3;3-5,8-10,24H,6-7,11H2,1-2H3. The second-order valence-electron chi connectivity index (χ2n) is 13.7. The van der Waals surface area contributed by atoms with Crippen molar-refractivity contribution in [1.29, 1.82) is 0 Å². The number of fused-ring (bicyclic) bond motifs is 2. The van der Waals surface area contributed by atoms with Crippen LogP contribution in [0.3, 0.4) is 0 Å². The number of anilines is 2. The molecule has 2 N–H and O–H groups in total. The number of ether oxygens (including phenoxy) is 1. The summed E-state index contributed by atoms with van der Waals surface area (Å²) < 4.78 is 85.2. The van der Waals surface area contributed by atoms with Gasteiger partial charge in [0.2, 0.25) is 5.88 Å². The van der Waals surface area contributed by atoms with Gasteiger partial charge in [-0.05, 0) is 85.5 Å². The topological polar surface area (TPSA) is 107 Å². The first-order valence-corrected chi connectivity index (χ1v) is 19.8. The summed E-state index contributed by atoms with van der Waals surface area (Å²) in [6, 6.07) is 14.9. The second kappa shape index (κ2) is 15.2. The first-order chi connectivity index (χ1) is 26.3. The Labute approximate surface area is 317 Å². The number of aryl methyl sites for hydroxylation is 2. The van der Waals surface area contributed by atoms with Crippen LogP contribution in [-0.4, -0.2) is 54.3 Å². The lowest BCUT2D eigenvalue weighted by Gasteiger charge is -2.30. The van der Waals surface area contributed by atoms with Crippen LogP contribution < -0.4 is 14.5 Å². The van der Waals surface area contributed by atoms with E-state index in [1.165, 1.54) is 36.4 Å². The number of hydrogen-bond donors (Lipinski definition) is 2. The Hall–Kier alpha value is -5.63. The molecule has 2 aliphatic heterocycles. The monoisotopic (exact) mass is 772 g/mol. The summed E-state index contributed by atoms with van der Waals surface area (Å²) in [7, 11) is -3.36. The molecule has 2 aromatic carbocycles. The van der Waals surface area contributed by atoms with Crippen molar-refractivity contribution < 1.29 is 30.7 Å². The van der Waals surface area contributed by atoms with Crippen molar-refractivity contribution in [2.45, 2.75) is 51.7 Å². The van der Waals surface area contributed by atoms with Gasteiger partial charge in [0.25, 0.3) is 0 Å². The Morgan fingerprint density at radius 2 is 1.16 bits per heavy atom. The number of nitrogens with zero attached hydrogens (tertiary/aromatic N) is 4. The molecule has 55 heavy (non-hydrogen) atoms. The zero-order chi connectivity index (χ0) is 39.0. The number of aromatic amines is 2. The lowest BCUT2D eigenvalue weighted by Crippen LogP contribution is -2.30. The van der Waals surface area contributed by atoms with Gasteiger partial charge in [-0.3, -0.25) is 0 Å². The van der Waals surface area contributed by atoms with Crippen LogP contribution in [0.5, 0.6) is 5.88 Å². The minimum absolute atomic E-state index is 0.00244. The van der Waals surface area contributed by atoms with Crippen LogP contribution in [0.1, 0.15) is 40.6 Å². The predicted molar refractivity (Wildman–Crippen MR) is 204 cm³/mol. The molecule has 0 saturated carbocycles. The maximum absolute atomic E-state index is 14.1. The van der Waals surface area contributed by atoms with Gasteiger partial charge in [-0.15, -0.1) is 0 Å². The lowest BCUT2D eigenvalue weighted by atomic mass is 10.1. The zero-order valence-corrected chi connectivity index (χ0v) is 31.6. The Morgan fingerprint density at radius 3 is 1.58 bits per heavy atom. The molecule has 14 heteroatoms. The quantitative estimate of drug-likeness (QED) is 0.158. The first-order valence-electron chi connectivity index (χ1n) is 17.9. The molecule has 0 unspecified atom stereocenters. The largest absolute Gasteiger partial charge is 0.478 e. The van der Waals surface area contributed by atoms with Gasteiger partial charge >= 0.3 is 0 Å². The molecule has 0 aliphatic carbocycles. The van der Waals surface area contributed by atoms with Crippen molar-refractivity contribution in [2.24, 2.45) is 0 Å². The summed E-state index contributed by atoms with van der Waals surface area (Å²) in [5.74, 6) is -1.71. The number of pyridine rings is 2. The molecule has 0 saturated heterocycles. The van der Waals surface area contributed by atoms with Crippen molar-refractivity contribution in [1.82, 2.24) is 19.9 Å². The number of sulfone groups is 1. The Balaban J connectivity index is 0.000000169. The van der Waals surface area contributed by atoms with Gasteiger partial charge in [0, 0.05) is 62.7 Å². The molecule has 0 fully saturated rings. The summed E-state index contributed by atoms with van der Waals surface area (Å²) in [5.41, 5.74) is 8.62. The lowest BCUT2D eigenvalue weighted by molar-refractivity contribution is 0.326. The third-order valence-electron chi connectivity index (χ3n) is 9.90. The maximum Gasteiger partial charge on any atom is 0.213 e. The molecule has 6 heterocycles. The minimum Gasteiger partial charge on any atom is -0.478 e. The molecule has 4 aromatic heterocycles. The van der Waals surface area contributed by atoms with E-state index in [0.717, 1.165) is 64.2 Å². The van der Waals surface area contributed by atoms with E-state index in [9.17, 15) is 26.0 Å². The van der Waals surface area contributed by atoms with E-state index in [4.69, 9.17) is 4.74 Å². The number of H-pyrrole nitrogens is 2. The average Bonchev–Trinajstić information content (AvgIpc) is 3.75. The predicted octanol–water partition coefficient (Wildman–Crippen LogP) is 8.25. The molecule has 286 valence electrons. The van der Waals surface area contributed by atoms with Crippen LogP contribution in [0.25, 0.3) is 22.5 Å². The Morgan fingerprint density at radius 1 is 0.709 bits per heavy atom. The van der Waals surface area contributed by atoms with Crippen LogP contribution in [0.4, 0.5) is 28.9 Å². The van der Waals surface area contributed by atoms with E-state index in [-0.39, 0.29) is 16.2 Å². The molecule has 6 aromatic rings. The summed E-state index contributed by atoms with van der Waals surface area (Å²) >= 11 is 0. The molecular weight excluding hydrogens is 733 g/mol. The molecule has 2 aliphatic rings. The second-order valence-corrected chi connectivity index (χ2v) is 15.7. The molecule has 0 bridgehead atoms. The van der Waals surface area contributed by atoms with E-state index in [1.54, 1.807) is 18.3 Å². The third-order valence-corrected chi connectivity index (χ3v) is 10.9. The number of halogens is 4. The number of nitrogens with one attached hydrogen (secondary N) is 2. The molecular formula is C41H40F4N6O3S. The van der Waals surface area contributed by atoms with Gasteiger partial charge in [0.1, 0.15) is 23.3 Å². The fraction of sp³-hybridized carbons (Fsp3) is 0.268. The van der Waals surface area contributed by atoms with E-state index in [0.29, 0.717) is 49.9 Å². The van der Waals surface area contributed by atoms with E-state index in [1.807, 2.05) is 39.1 Å². The normalized spacial score (nSPS) is 13.9. The van der Waals surface area contributed by atoms with Gasteiger partial charge in [-0.25, -0.2) is 35.9 Å². The highest BCUT2D eigenvalue weighted by molar-refractivity contribution is 7.90. The van der Waals surface area contributed by atoms with Gasteiger partial charge in [0.15, 0.2) is 14.9 Å². The van der Waals surface area contributed by atoms with Gasteiger partial charge in [0.05, 0.1) is 52.9 Å².